The van der Waals surface area contributed by atoms with E-state index >= 15 is 0 Å². The van der Waals surface area contributed by atoms with Crippen LogP contribution < -0.4 is 5.73 Å². The number of hydrogen-bond donors (Lipinski definition) is 4. The Morgan fingerprint density at radius 1 is 1.16 bits per heavy atom. The smallest absolute Gasteiger partial charge is 0.451 e. The van der Waals surface area contributed by atoms with Gasteiger partial charge in [0.15, 0.2) is 0 Å². The molecule has 0 aliphatic carbocycles. The van der Waals surface area contributed by atoms with Crippen LogP contribution in [-0.2, 0) is 11.3 Å². The SMILES string of the molecule is CCN(CCC(C)CCCC(N)(CCCCB(O)O)C(=O)O)Cc1ccc(Cl)c(Cl)c1. The van der Waals surface area contributed by atoms with Gasteiger partial charge in [0.2, 0.25) is 0 Å². The van der Waals surface area contributed by atoms with E-state index in [0.29, 0.717) is 41.6 Å². The van der Waals surface area contributed by atoms with Crippen LogP contribution in [0.2, 0.25) is 16.4 Å². The molecule has 0 saturated heterocycles. The standard InChI is InChI=1S/C22H37BCl2N2O4/c1-3-27(16-18-8-9-19(24)20(25)15-18)14-10-17(2)7-6-12-22(26,21(28)29)11-4-5-13-23(30)31/h8-9,15,17,30-31H,3-7,10-14,16,26H2,1-2H3,(H,28,29). The summed E-state index contributed by atoms with van der Waals surface area (Å²) < 4.78 is 0. The van der Waals surface area contributed by atoms with E-state index in [1.165, 1.54) is 0 Å². The third-order valence-corrected chi connectivity index (χ3v) is 6.60. The number of halogens is 2. The molecule has 0 aliphatic rings. The predicted octanol–water partition coefficient (Wildman–Crippen LogP) is 4.44. The second-order valence-electron chi connectivity index (χ2n) is 8.59. The summed E-state index contributed by atoms with van der Waals surface area (Å²) in [4.78, 5) is 14.0. The van der Waals surface area contributed by atoms with E-state index < -0.39 is 18.6 Å². The van der Waals surface area contributed by atoms with Gasteiger partial charge in [0, 0.05) is 6.54 Å². The maximum atomic E-state index is 11.6. The second kappa shape index (κ2) is 14.3. The van der Waals surface area contributed by atoms with Crippen molar-refractivity contribution in [3.05, 3.63) is 33.8 Å². The summed E-state index contributed by atoms with van der Waals surface area (Å²) in [7, 11) is -1.35. The molecular formula is C22H37BCl2N2O4. The zero-order chi connectivity index (χ0) is 23.4. The van der Waals surface area contributed by atoms with E-state index in [9.17, 15) is 9.90 Å². The largest absolute Gasteiger partial charge is 0.480 e. The minimum Gasteiger partial charge on any atom is -0.480 e. The minimum absolute atomic E-state index is 0.239. The van der Waals surface area contributed by atoms with Gasteiger partial charge in [-0.05, 0) is 62.3 Å². The summed E-state index contributed by atoms with van der Waals surface area (Å²) in [5.41, 5.74) is 6.03. The molecular weight excluding hydrogens is 438 g/mol. The van der Waals surface area contributed by atoms with Crippen molar-refractivity contribution < 1.29 is 19.9 Å². The van der Waals surface area contributed by atoms with E-state index in [2.05, 4.69) is 18.7 Å². The highest BCUT2D eigenvalue weighted by Crippen LogP contribution is 2.25. The van der Waals surface area contributed by atoms with Crippen LogP contribution in [0.1, 0.15) is 64.4 Å². The Kier molecular flexibility index (Phi) is 13.1. The zero-order valence-electron chi connectivity index (χ0n) is 18.7. The number of carboxylic acids is 1. The van der Waals surface area contributed by atoms with Crippen LogP contribution in [0.3, 0.4) is 0 Å². The predicted molar refractivity (Wildman–Crippen MR) is 128 cm³/mol. The zero-order valence-corrected chi connectivity index (χ0v) is 20.2. The molecule has 0 aliphatic heterocycles. The number of carboxylic acid groups (broad SMARTS) is 1. The molecule has 31 heavy (non-hydrogen) atoms. The molecule has 1 rings (SSSR count). The molecule has 176 valence electrons. The molecule has 1 aromatic carbocycles. The fourth-order valence-electron chi connectivity index (χ4n) is 3.66. The van der Waals surface area contributed by atoms with Gasteiger partial charge in [-0.2, -0.15) is 0 Å². The first-order chi connectivity index (χ1) is 14.6. The number of hydrogen-bond acceptors (Lipinski definition) is 5. The Bertz CT molecular complexity index is 681. The van der Waals surface area contributed by atoms with Crippen LogP contribution in [0, 0.1) is 5.92 Å². The van der Waals surface area contributed by atoms with Gasteiger partial charge in [-0.25, -0.2) is 0 Å². The molecule has 2 unspecified atom stereocenters. The fourth-order valence-corrected chi connectivity index (χ4v) is 3.99. The summed E-state index contributed by atoms with van der Waals surface area (Å²) in [6.07, 6.45) is 4.82. The molecule has 0 saturated carbocycles. The fraction of sp³-hybridized carbons (Fsp3) is 0.682. The number of rotatable bonds is 16. The molecule has 0 spiro atoms. The Balaban J connectivity index is 2.39. The quantitative estimate of drug-likeness (QED) is 0.208. The van der Waals surface area contributed by atoms with Gasteiger partial charge in [-0.15, -0.1) is 0 Å². The van der Waals surface area contributed by atoms with Gasteiger partial charge in [0.05, 0.1) is 10.0 Å². The first-order valence-corrected chi connectivity index (χ1v) is 11.9. The van der Waals surface area contributed by atoms with Crippen LogP contribution >= 0.6 is 23.2 Å². The molecule has 0 heterocycles. The van der Waals surface area contributed by atoms with Gasteiger partial charge in [-0.3, -0.25) is 9.69 Å². The van der Waals surface area contributed by atoms with Gasteiger partial charge in [-0.1, -0.05) is 68.8 Å². The van der Waals surface area contributed by atoms with E-state index in [-0.39, 0.29) is 6.32 Å². The molecule has 0 radical (unpaired) electrons. The average Bonchev–Trinajstić information content (AvgIpc) is 2.70. The highest BCUT2D eigenvalue weighted by molar-refractivity contribution is 6.42. The lowest BCUT2D eigenvalue weighted by molar-refractivity contribution is -0.144. The number of benzene rings is 1. The van der Waals surface area contributed by atoms with E-state index in [0.717, 1.165) is 44.5 Å². The number of unbranched alkanes of at least 4 members (excludes halogenated alkanes) is 1. The Morgan fingerprint density at radius 2 is 1.84 bits per heavy atom. The van der Waals surface area contributed by atoms with Gasteiger partial charge < -0.3 is 20.9 Å². The molecule has 5 N–H and O–H groups in total. The highest BCUT2D eigenvalue weighted by Gasteiger charge is 2.32. The second-order valence-corrected chi connectivity index (χ2v) is 9.41. The summed E-state index contributed by atoms with van der Waals surface area (Å²) in [5, 5.41) is 28.5. The molecule has 9 heteroatoms. The Labute approximate surface area is 196 Å². The van der Waals surface area contributed by atoms with Crippen LogP contribution in [0.15, 0.2) is 18.2 Å². The van der Waals surface area contributed by atoms with Gasteiger partial charge in [0.1, 0.15) is 5.54 Å². The van der Waals surface area contributed by atoms with Crippen LogP contribution in [-0.4, -0.2) is 51.8 Å². The monoisotopic (exact) mass is 474 g/mol. The van der Waals surface area contributed by atoms with Crippen molar-refractivity contribution in [3.8, 4) is 0 Å². The van der Waals surface area contributed by atoms with Crippen molar-refractivity contribution in [3.63, 3.8) is 0 Å². The third kappa shape index (κ3) is 11.0. The minimum atomic E-state index is -1.35. The molecule has 2 atom stereocenters. The molecule has 0 bridgehead atoms. The van der Waals surface area contributed by atoms with E-state index in [1.807, 2.05) is 18.2 Å². The average molecular weight is 475 g/mol. The van der Waals surface area contributed by atoms with Crippen molar-refractivity contribution in [2.75, 3.05) is 13.1 Å². The van der Waals surface area contributed by atoms with E-state index in [4.69, 9.17) is 39.0 Å². The third-order valence-electron chi connectivity index (χ3n) is 5.86. The van der Waals surface area contributed by atoms with Gasteiger partial charge in [0.25, 0.3) is 0 Å². The summed E-state index contributed by atoms with van der Waals surface area (Å²) >= 11 is 12.1. The Hall–Kier alpha value is -0.825. The van der Waals surface area contributed by atoms with Crippen LogP contribution in [0.25, 0.3) is 0 Å². The normalized spacial score (nSPS) is 14.5. The maximum Gasteiger partial charge on any atom is 0.451 e. The first kappa shape index (κ1) is 28.2. The molecule has 0 aromatic heterocycles. The molecule has 0 fully saturated rings. The number of carbonyl (C=O) groups is 1. The number of aliphatic carboxylic acids is 1. The summed E-state index contributed by atoms with van der Waals surface area (Å²) in [5.74, 6) is -0.520. The molecule has 1 aromatic rings. The highest BCUT2D eigenvalue weighted by atomic mass is 35.5. The van der Waals surface area contributed by atoms with Crippen molar-refractivity contribution >= 4 is 36.3 Å². The van der Waals surface area contributed by atoms with Crippen molar-refractivity contribution in [2.45, 2.75) is 77.2 Å². The van der Waals surface area contributed by atoms with Crippen molar-refractivity contribution in [1.82, 2.24) is 4.90 Å². The van der Waals surface area contributed by atoms with Gasteiger partial charge >= 0.3 is 13.1 Å². The lowest BCUT2D eigenvalue weighted by Gasteiger charge is -2.26. The summed E-state index contributed by atoms with van der Waals surface area (Å²) in [6.45, 7) is 7.02. The topological polar surface area (TPSA) is 107 Å². The maximum absolute atomic E-state index is 11.6. The van der Waals surface area contributed by atoms with E-state index in [1.54, 1.807) is 0 Å². The Morgan fingerprint density at radius 3 is 2.42 bits per heavy atom. The van der Waals surface area contributed by atoms with Crippen molar-refractivity contribution in [1.29, 1.82) is 0 Å². The molecule has 0 amide bonds. The van der Waals surface area contributed by atoms with Crippen molar-refractivity contribution in [2.24, 2.45) is 11.7 Å². The van der Waals surface area contributed by atoms with Crippen LogP contribution in [0.4, 0.5) is 0 Å². The lowest BCUT2D eigenvalue weighted by Crippen LogP contribution is -2.48. The molecule has 6 nitrogen and oxygen atoms in total. The number of nitrogens with zero attached hydrogens (tertiary/aromatic N) is 1. The first-order valence-electron chi connectivity index (χ1n) is 11.1. The number of nitrogens with two attached hydrogens (primary N) is 1. The van der Waals surface area contributed by atoms with Crippen LogP contribution in [0.5, 0.6) is 0 Å². The summed E-state index contributed by atoms with van der Waals surface area (Å²) in [6, 6.07) is 5.72. The lowest BCUT2D eigenvalue weighted by atomic mass is 9.81.